The molecule has 6 N–H and O–H groups in total. The Balaban J connectivity index is 0.903. The van der Waals surface area contributed by atoms with Crippen molar-refractivity contribution in [1.82, 2.24) is 5.32 Å². The van der Waals surface area contributed by atoms with Gasteiger partial charge in [0, 0.05) is 55.0 Å². The number of carbonyl (C=O) groups excluding carboxylic acids is 1. The van der Waals surface area contributed by atoms with Crippen molar-refractivity contribution in [3.05, 3.63) is 82.9 Å². The van der Waals surface area contributed by atoms with Crippen molar-refractivity contribution in [1.29, 1.82) is 0 Å². The molecule has 2 bridgehead atoms. The molecule has 0 radical (unpaired) electrons. The quantitative estimate of drug-likeness (QED) is 0.0878. The highest BCUT2D eigenvalue weighted by atomic mass is 16.5. The molecule has 4 aliphatic heterocycles. The number of phenolic OH excluding ortho intramolecular Hbond substituents is 1. The number of hydrogen-bond donors (Lipinski definition) is 6. The minimum absolute atomic E-state index is 0.0785. The third-order valence-corrected chi connectivity index (χ3v) is 12.4. The summed E-state index contributed by atoms with van der Waals surface area (Å²) >= 11 is 0. The SMILES string of the molecule is CC(NC[C@H](O)c1cc(O)cc2c1OCC(=O)N2)c1ccc(OCCC[N+]23CCC(CC2)[C@@H](OC[C@@](O)(c2ccccc2)C2CCCC2)C3)c(CO)c1. The number of quaternary nitrogens is 1. The van der Waals surface area contributed by atoms with E-state index in [2.05, 4.69) is 22.8 Å². The molecule has 286 valence electrons. The fourth-order valence-corrected chi connectivity index (χ4v) is 9.22. The molecule has 11 nitrogen and oxygen atoms in total. The summed E-state index contributed by atoms with van der Waals surface area (Å²) in [6.07, 6.45) is 6.79. The van der Waals surface area contributed by atoms with Crippen molar-refractivity contribution >= 4 is 11.6 Å². The number of aromatic hydroxyl groups is 1. The van der Waals surface area contributed by atoms with Crippen molar-refractivity contribution in [3.8, 4) is 17.2 Å². The van der Waals surface area contributed by atoms with E-state index in [-0.39, 0.29) is 49.5 Å². The lowest BCUT2D eigenvalue weighted by molar-refractivity contribution is -0.946. The van der Waals surface area contributed by atoms with Crippen LogP contribution in [0.15, 0.2) is 60.7 Å². The van der Waals surface area contributed by atoms with Crippen molar-refractivity contribution < 1.29 is 43.9 Å². The van der Waals surface area contributed by atoms with E-state index in [0.717, 1.165) is 73.9 Å². The Hall–Kier alpha value is -3.71. The van der Waals surface area contributed by atoms with Gasteiger partial charge in [0.15, 0.2) is 6.61 Å². The molecule has 4 atom stereocenters. The smallest absolute Gasteiger partial charge is 0.262 e. The topological polar surface area (TPSA) is 150 Å². The van der Waals surface area contributed by atoms with Crippen LogP contribution in [0.25, 0.3) is 0 Å². The zero-order valence-electron chi connectivity index (χ0n) is 30.8. The van der Waals surface area contributed by atoms with E-state index >= 15 is 0 Å². The highest BCUT2D eigenvalue weighted by Crippen LogP contribution is 2.43. The van der Waals surface area contributed by atoms with E-state index in [1.54, 1.807) is 0 Å². The Labute approximate surface area is 312 Å². The average Bonchev–Trinajstić information content (AvgIpc) is 3.74. The Morgan fingerprint density at radius 3 is 2.58 bits per heavy atom. The predicted molar refractivity (Wildman–Crippen MR) is 201 cm³/mol. The highest BCUT2D eigenvalue weighted by Gasteiger charge is 2.48. The highest BCUT2D eigenvalue weighted by molar-refractivity contribution is 5.96. The molecule has 53 heavy (non-hydrogen) atoms. The lowest BCUT2D eigenvalue weighted by atomic mass is 9.80. The lowest BCUT2D eigenvalue weighted by Gasteiger charge is -2.53. The van der Waals surface area contributed by atoms with Crippen LogP contribution in [0.2, 0.25) is 0 Å². The number of ether oxygens (including phenoxy) is 3. The predicted octanol–water partition coefficient (Wildman–Crippen LogP) is 5.07. The number of carbonyl (C=O) groups is 1. The summed E-state index contributed by atoms with van der Waals surface area (Å²) in [5, 5.41) is 49.4. The van der Waals surface area contributed by atoms with Crippen molar-refractivity contribution in [2.75, 3.05) is 57.9 Å². The van der Waals surface area contributed by atoms with Gasteiger partial charge in [-0.2, -0.15) is 0 Å². The largest absolute Gasteiger partial charge is 0.508 e. The van der Waals surface area contributed by atoms with E-state index in [4.69, 9.17) is 14.2 Å². The molecular formula is C42H56N3O8+. The maximum absolute atomic E-state index is 12.1. The summed E-state index contributed by atoms with van der Waals surface area (Å²) in [5.41, 5.74) is 2.39. The standard InChI is InChI=1S/C42H55N3O8/c1-28(43-23-37(48)35-21-34(47)22-36-41(35)52-26-40(49)44-36)30-12-13-38(31(20-30)25-46)51-19-7-16-45-17-14-29(15-18-45)39(24-45)53-27-42(50,33-10-5-6-11-33)32-8-3-2-4-9-32/h2-4,8-9,12-13,20-22,28-29,33,37,39,43,46,48,50H,5-7,10-11,14-19,23-27H2,1H3,(H-,44,47,49)/p+1/t28?,29?,37-,39-,42+,45?/m0/s1. The molecule has 4 heterocycles. The van der Waals surface area contributed by atoms with E-state index < -0.39 is 11.7 Å². The van der Waals surface area contributed by atoms with Gasteiger partial charge in [0.05, 0.1) is 51.2 Å². The van der Waals surface area contributed by atoms with Gasteiger partial charge in [-0.3, -0.25) is 4.79 Å². The number of aliphatic hydroxyl groups excluding tert-OH is 2. The zero-order valence-corrected chi connectivity index (χ0v) is 30.8. The molecule has 4 fully saturated rings. The normalized spacial score (nSPS) is 24.9. The number of piperidine rings is 3. The van der Waals surface area contributed by atoms with Crippen molar-refractivity contribution in [2.45, 2.75) is 82.3 Å². The Morgan fingerprint density at radius 1 is 1.06 bits per heavy atom. The van der Waals surface area contributed by atoms with Crippen molar-refractivity contribution in [3.63, 3.8) is 0 Å². The molecule has 3 aromatic rings. The van der Waals surface area contributed by atoms with E-state index in [1.165, 1.54) is 25.0 Å². The molecule has 0 spiro atoms. The van der Waals surface area contributed by atoms with Gasteiger partial charge in [0.2, 0.25) is 0 Å². The molecule has 1 unspecified atom stereocenters. The Morgan fingerprint density at radius 2 is 1.83 bits per heavy atom. The number of rotatable bonds is 16. The fourth-order valence-electron chi connectivity index (χ4n) is 9.22. The number of nitrogens with zero attached hydrogens (tertiary/aromatic N) is 1. The second kappa shape index (κ2) is 16.3. The summed E-state index contributed by atoms with van der Waals surface area (Å²) in [4.78, 5) is 11.7. The number of phenols is 1. The van der Waals surface area contributed by atoms with Crippen molar-refractivity contribution in [2.24, 2.45) is 11.8 Å². The molecule has 8 rings (SSSR count). The van der Waals surface area contributed by atoms with Gasteiger partial charge in [-0.1, -0.05) is 49.2 Å². The summed E-state index contributed by atoms with van der Waals surface area (Å²) in [6, 6.07) is 18.6. The second-order valence-electron chi connectivity index (χ2n) is 15.8. The molecule has 3 aromatic carbocycles. The van der Waals surface area contributed by atoms with Crippen LogP contribution in [0.4, 0.5) is 5.69 Å². The van der Waals surface area contributed by atoms with Gasteiger partial charge in [-0.25, -0.2) is 0 Å². The van der Waals surface area contributed by atoms with Crippen LogP contribution in [0.5, 0.6) is 17.2 Å². The average molecular weight is 731 g/mol. The Kier molecular flexibility index (Phi) is 11.6. The van der Waals surface area contributed by atoms with Gasteiger partial charge < -0.3 is 49.8 Å². The summed E-state index contributed by atoms with van der Waals surface area (Å²) in [5.74, 6) is 1.41. The molecule has 1 amide bonds. The third-order valence-electron chi connectivity index (χ3n) is 12.4. The fraction of sp³-hybridized carbons (Fsp3) is 0.548. The molecule has 1 saturated carbocycles. The molecule has 5 aliphatic rings. The van der Waals surface area contributed by atoms with Gasteiger partial charge in [0.1, 0.15) is 35.5 Å². The number of hydrogen-bond acceptors (Lipinski definition) is 9. The van der Waals surface area contributed by atoms with E-state index in [0.29, 0.717) is 47.4 Å². The maximum Gasteiger partial charge on any atom is 0.262 e. The maximum atomic E-state index is 12.1. The zero-order chi connectivity index (χ0) is 37.0. The first-order chi connectivity index (χ1) is 25.7. The van der Waals surface area contributed by atoms with Gasteiger partial charge >= 0.3 is 0 Å². The first-order valence-electron chi connectivity index (χ1n) is 19.5. The number of nitrogens with one attached hydrogen (secondary N) is 2. The Bertz CT molecular complexity index is 1710. The van der Waals surface area contributed by atoms with E-state index in [9.17, 15) is 25.2 Å². The molecular weight excluding hydrogens is 674 g/mol. The van der Waals surface area contributed by atoms with Crippen LogP contribution in [-0.2, 0) is 21.7 Å². The second-order valence-corrected chi connectivity index (χ2v) is 15.8. The van der Waals surface area contributed by atoms with Crippen LogP contribution < -0.4 is 20.1 Å². The van der Waals surface area contributed by atoms with Crippen LogP contribution in [0.1, 0.15) is 86.3 Å². The number of benzene rings is 3. The minimum Gasteiger partial charge on any atom is -0.508 e. The monoisotopic (exact) mass is 730 g/mol. The third kappa shape index (κ3) is 8.35. The first-order valence-corrected chi connectivity index (χ1v) is 19.5. The molecule has 1 aliphatic carbocycles. The molecule has 3 saturated heterocycles. The number of fused-ring (bicyclic) bond motifs is 4. The lowest BCUT2D eigenvalue weighted by Crippen LogP contribution is -2.65. The number of aliphatic hydroxyl groups is 3. The van der Waals surface area contributed by atoms with Crippen LogP contribution in [0, 0.1) is 11.8 Å². The molecule has 0 aromatic heterocycles. The van der Waals surface area contributed by atoms with Crippen LogP contribution >= 0.6 is 0 Å². The van der Waals surface area contributed by atoms with Gasteiger partial charge in [-0.15, -0.1) is 0 Å². The summed E-state index contributed by atoms with van der Waals surface area (Å²) in [6.45, 7) is 7.04. The number of anilines is 1. The van der Waals surface area contributed by atoms with Crippen LogP contribution in [0.3, 0.4) is 0 Å². The summed E-state index contributed by atoms with van der Waals surface area (Å²) < 4.78 is 19.6. The van der Waals surface area contributed by atoms with Gasteiger partial charge in [-0.05, 0) is 55.0 Å². The van der Waals surface area contributed by atoms with E-state index in [1.807, 2.05) is 43.3 Å². The first kappa shape index (κ1) is 37.6. The van der Waals surface area contributed by atoms with Gasteiger partial charge in [0.25, 0.3) is 5.91 Å². The summed E-state index contributed by atoms with van der Waals surface area (Å²) in [7, 11) is 0. The molecule has 11 heteroatoms. The minimum atomic E-state index is -0.999. The number of amides is 1. The van der Waals surface area contributed by atoms with Crippen LogP contribution in [-0.4, -0.2) is 89.5 Å².